The highest BCUT2D eigenvalue weighted by atomic mass is 19.1. The Bertz CT molecular complexity index is 699. The predicted octanol–water partition coefficient (Wildman–Crippen LogP) is 4.13. The standard InChI is InChI=1S/C20H24F2N2O/c1-20(2)19(25)23(24(20)17-9-15(21)8-16(22)10-17)18-13-4-11-3-12(6-13)7-14(18)5-11/h8-14,18H,3-7H2,1-2H3. The van der Waals surface area contributed by atoms with Gasteiger partial charge in [-0.3, -0.25) is 9.80 Å². The SMILES string of the molecule is CC1(C)C(=O)N(C2C3CC4CC(C3)CC2C4)N1c1cc(F)cc(F)c1. The monoisotopic (exact) mass is 346 g/mol. The number of halogens is 2. The molecule has 0 aromatic heterocycles. The molecule has 4 aliphatic carbocycles. The molecule has 5 aliphatic rings. The summed E-state index contributed by atoms with van der Waals surface area (Å²) in [4.78, 5) is 13.0. The minimum Gasteiger partial charge on any atom is -0.270 e. The van der Waals surface area contributed by atoms with Crippen LogP contribution in [-0.4, -0.2) is 22.5 Å². The molecule has 5 fully saturated rings. The lowest BCUT2D eigenvalue weighted by molar-refractivity contribution is -0.170. The van der Waals surface area contributed by atoms with Crippen molar-refractivity contribution in [3.8, 4) is 0 Å². The van der Waals surface area contributed by atoms with Crippen molar-refractivity contribution in [1.29, 1.82) is 0 Å². The van der Waals surface area contributed by atoms with Gasteiger partial charge in [-0.2, -0.15) is 0 Å². The van der Waals surface area contributed by atoms with E-state index < -0.39 is 17.2 Å². The van der Waals surface area contributed by atoms with Gasteiger partial charge in [-0.1, -0.05) is 0 Å². The summed E-state index contributed by atoms with van der Waals surface area (Å²) < 4.78 is 27.6. The summed E-state index contributed by atoms with van der Waals surface area (Å²) in [5, 5.41) is 3.69. The van der Waals surface area contributed by atoms with Gasteiger partial charge in [0.15, 0.2) is 0 Å². The molecule has 1 aromatic rings. The summed E-state index contributed by atoms with van der Waals surface area (Å²) in [7, 11) is 0. The van der Waals surface area contributed by atoms with Gasteiger partial charge in [-0.15, -0.1) is 0 Å². The number of rotatable bonds is 2. The van der Waals surface area contributed by atoms with Crippen LogP contribution in [0.5, 0.6) is 0 Å². The van der Waals surface area contributed by atoms with Crippen molar-refractivity contribution in [2.24, 2.45) is 23.7 Å². The van der Waals surface area contributed by atoms with E-state index in [1.54, 1.807) is 0 Å². The van der Waals surface area contributed by atoms with E-state index in [9.17, 15) is 13.6 Å². The van der Waals surface area contributed by atoms with Gasteiger partial charge >= 0.3 is 0 Å². The lowest BCUT2D eigenvalue weighted by Crippen LogP contribution is -2.80. The van der Waals surface area contributed by atoms with Gasteiger partial charge in [-0.25, -0.2) is 13.8 Å². The summed E-state index contributed by atoms with van der Waals surface area (Å²) in [6.07, 6.45) is 6.17. The Morgan fingerprint density at radius 1 is 0.920 bits per heavy atom. The first-order valence-corrected chi connectivity index (χ1v) is 9.44. The molecule has 1 amide bonds. The lowest BCUT2D eigenvalue weighted by Gasteiger charge is -2.65. The number of amides is 1. The van der Waals surface area contributed by atoms with E-state index in [0.29, 0.717) is 17.5 Å². The van der Waals surface area contributed by atoms with Gasteiger partial charge < -0.3 is 0 Å². The number of anilines is 1. The number of hydrogen-bond donors (Lipinski definition) is 0. The Morgan fingerprint density at radius 3 is 1.96 bits per heavy atom. The zero-order valence-electron chi connectivity index (χ0n) is 14.7. The second-order valence-corrected chi connectivity index (χ2v) is 9.07. The third-order valence-electron chi connectivity index (χ3n) is 7.03. The molecule has 1 heterocycles. The lowest BCUT2D eigenvalue weighted by atomic mass is 9.53. The van der Waals surface area contributed by atoms with Crippen LogP contribution in [0.15, 0.2) is 18.2 Å². The maximum atomic E-state index is 13.8. The third kappa shape index (κ3) is 2.10. The van der Waals surface area contributed by atoms with E-state index in [0.717, 1.165) is 17.9 Å². The Morgan fingerprint density at radius 2 is 1.44 bits per heavy atom. The minimum atomic E-state index is -0.755. The van der Waals surface area contributed by atoms with Gasteiger partial charge in [0.25, 0.3) is 5.91 Å². The molecule has 3 nitrogen and oxygen atoms in total. The van der Waals surface area contributed by atoms with Crippen molar-refractivity contribution in [3.05, 3.63) is 29.8 Å². The highest BCUT2D eigenvalue weighted by Crippen LogP contribution is 2.57. The molecule has 0 N–H and O–H groups in total. The molecule has 4 bridgehead atoms. The van der Waals surface area contributed by atoms with E-state index in [4.69, 9.17) is 0 Å². The Hall–Kier alpha value is -1.65. The molecule has 6 rings (SSSR count). The maximum absolute atomic E-state index is 13.8. The second kappa shape index (κ2) is 4.95. The zero-order chi connectivity index (χ0) is 17.5. The van der Waals surface area contributed by atoms with Gasteiger partial charge in [0.1, 0.15) is 17.2 Å². The van der Waals surface area contributed by atoms with Crippen LogP contribution in [0.4, 0.5) is 14.5 Å². The van der Waals surface area contributed by atoms with Crippen molar-refractivity contribution in [3.63, 3.8) is 0 Å². The first-order valence-electron chi connectivity index (χ1n) is 9.44. The number of carbonyl (C=O) groups is 1. The molecular formula is C20H24F2N2O. The van der Waals surface area contributed by atoms with Crippen molar-refractivity contribution in [1.82, 2.24) is 5.01 Å². The summed E-state index contributed by atoms with van der Waals surface area (Å²) in [5.74, 6) is 1.60. The van der Waals surface area contributed by atoms with Gasteiger partial charge in [0, 0.05) is 6.07 Å². The van der Waals surface area contributed by atoms with Gasteiger partial charge in [0.2, 0.25) is 0 Å². The van der Waals surface area contributed by atoms with Crippen LogP contribution < -0.4 is 5.01 Å². The van der Waals surface area contributed by atoms with Crippen LogP contribution in [0.2, 0.25) is 0 Å². The molecule has 1 saturated heterocycles. The molecule has 0 atom stereocenters. The number of benzene rings is 1. The van der Waals surface area contributed by atoms with E-state index in [-0.39, 0.29) is 11.9 Å². The normalized spacial score (nSPS) is 38.2. The molecule has 0 unspecified atom stereocenters. The topological polar surface area (TPSA) is 23.6 Å². The van der Waals surface area contributed by atoms with E-state index in [1.807, 2.05) is 23.9 Å². The number of nitrogens with zero attached hydrogens (tertiary/aromatic N) is 2. The second-order valence-electron chi connectivity index (χ2n) is 9.07. The fraction of sp³-hybridized carbons (Fsp3) is 0.650. The average Bonchev–Trinajstić information content (AvgIpc) is 2.51. The average molecular weight is 346 g/mol. The Kier molecular flexibility index (Phi) is 3.09. The summed E-state index contributed by atoms with van der Waals surface area (Å²) in [6.45, 7) is 3.68. The van der Waals surface area contributed by atoms with Gasteiger partial charge in [-0.05, 0) is 81.8 Å². The molecule has 0 radical (unpaired) electrons. The van der Waals surface area contributed by atoms with Crippen LogP contribution in [0.25, 0.3) is 0 Å². The summed E-state index contributed by atoms with van der Waals surface area (Å²) >= 11 is 0. The van der Waals surface area contributed by atoms with E-state index in [1.165, 1.54) is 44.2 Å². The van der Waals surface area contributed by atoms with Gasteiger partial charge in [0.05, 0.1) is 11.7 Å². The van der Waals surface area contributed by atoms with E-state index >= 15 is 0 Å². The van der Waals surface area contributed by atoms with Crippen molar-refractivity contribution in [2.45, 2.75) is 57.5 Å². The quantitative estimate of drug-likeness (QED) is 0.804. The van der Waals surface area contributed by atoms with Crippen molar-refractivity contribution < 1.29 is 13.6 Å². The highest BCUT2D eigenvalue weighted by molar-refractivity contribution is 5.98. The smallest absolute Gasteiger partial charge is 0.268 e. The molecule has 134 valence electrons. The Balaban J connectivity index is 1.52. The van der Waals surface area contributed by atoms with Crippen molar-refractivity contribution in [2.75, 3.05) is 5.01 Å². The van der Waals surface area contributed by atoms with E-state index in [2.05, 4.69) is 0 Å². The largest absolute Gasteiger partial charge is 0.270 e. The summed E-state index contributed by atoms with van der Waals surface area (Å²) in [6, 6.07) is 3.74. The van der Waals surface area contributed by atoms with Crippen LogP contribution in [0.1, 0.15) is 46.0 Å². The Labute approximate surface area is 146 Å². The first kappa shape index (κ1) is 15.6. The molecule has 1 aliphatic heterocycles. The fourth-order valence-corrected chi connectivity index (χ4v) is 6.36. The number of hydrogen-bond acceptors (Lipinski definition) is 2. The molecule has 25 heavy (non-hydrogen) atoms. The van der Waals surface area contributed by atoms with Crippen LogP contribution in [0, 0.1) is 35.3 Å². The molecular weight excluding hydrogens is 322 g/mol. The number of hydrazine groups is 1. The molecule has 4 saturated carbocycles. The molecule has 1 aromatic carbocycles. The van der Waals surface area contributed by atoms with Crippen LogP contribution in [0.3, 0.4) is 0 Å². The molecule has 0 spiro atoms. The minimum absolute atomic E-state index is 0.0784. The predicted molar refractivity (Wildman–Crippen MR) is 90.6 cm³/mol. The maximum Gasteiger partial charge on any atom is 0.268 e. The highest BCUT2D eigenvalue weighted by Gasteiger charge is 2.61. The van der Waals surface area contributed by atoms with Crippen molar-refractivity contribution >= 4 is 11.6 Å². The third-order valence-corrected chi connectivity index (χ3v) is 7.03. The fourth-order valence-electron chi connectivity index (χ4n) is 6.36. The first-order chi connectivity index (χ1) is 11.8. The molecule has 5 heteroatoms. The van der Waals surface area contributed by atoms with Crippen LogP contribution >= 0.6 is 0 Å². The summed E-state index contributed by atoms with van der Waals surface area (Å²) in [5.41, 5.74) is -0.314. The number of carbonyl (C=O) groups excluding carboxylic acids is 1. The van der Waals surface area contributed by atoms with Crippen LogP contribution in [-0.2, 0) is 4.79 Å². The zero-order valence-corrected chi connectivity index (χ0v) is 14.7.